The summed E-state index contributed by atoms with van der Waals surface area (Å²) >= 11 is 17.6. The van der Waals surface area contributed by atoms with Gasteiger partial charge >= 0.3 is 0 Å². The molecule has 3 rings (SSSR count). The molecule has 0 radical (unpaired) electrons. The molecule has 0 bridgehead atoms. The summed E-state index contributed by atoms with van der Waals surface area (Å²) in [6, 6.07) is 11.1. The highest BCUT2D eigenvalue weighted by Gasteiger charge is 2.21. The van der Waals surface area contributed by atoms with Gasteiger partial charge in [-0.3, -0.25) is 0 Å². The highest BCUT2D eigenvalue weighted by Crippen LogP contribution is 2.39. The third-order valence-corrected chi connectivity index (χ3v) is 6.14. The SMILES string of the molecule is S=[PH]1c2cc(Cl)ccc2Oc2ccc(Cl)cc21. The van der Waals surface area contributed by atoms with E-state index in [0.29, 0.717) is 10.0 Å². The molecule has 2 aromatic rings. The van der Waals surface area contributed by atoms with Crippen molar-refractivity contribution < 1.29 is 4.74 Å². The predicted octanol–water partition coefficient (Wildman–Crippen LogP) is 3.73. The molecule has 17 heavy (non-hydrogen) atoms. The Labute approximate surface area is 115 Å². The smallest absolute Gasteiger partial charge is 0.136 e. The van der Waals surface area contributed by atoms with Crippen LogP contribution in [-0.2, 0) is 11.8 Å². The van der Waals surface area contributed by atoms with Crippen LogP contribution in [0.3, 0.4) is 0 Å². The van der Waals surface area contributed by atoms with E-state index >= 15 is 0 Å². The zero-order chi connectivity index (χ0) is 12.0. The molecule has 0 atom stereocenters. The number of benzene rings is 2. The first kappa shape index (κ1) is 11.6. The first-order valence-electron chi connectivity index (χ1n) is 4.97. The number of halogens is 2. The van der Waals surface area contributed by atoms with E-state index in [1.54, 1.807) is 0 Å². The minimum Gasteiger partial charge on any atom is -0.456 e. The number of rotatable bonds is 0. The van der Waals surface area contributed by atoms with Gasteiger partial charge in [-0.15, -0.1) is 0 Å². The van der Waals surface area contributed by atoms with Gasteiger partial charge in [-0.05, 0) is 36.4 Å². The Morgan fingerprint density at radius 2 is 1.35 bits per heavy atom. The molecule has 0 fully saturated rings. The summed E-state index contributed by atoms with van der Waals surface area (Å²) in [5.74, 6) is 1.63. The number of fused-ring (bicyclic) bond motifs is 2. The fraction of sp³-hybridized carbons (Fsp3) is 0. The van der Waals surface area contributed by atoms with Gasteiger partial charge in [0, 0.05) is 27.4 Å². The molecule has 1 nitrogen and oxygen atoms in total. The van der Waals surface area contributed by atoms with E-state index in [2.05, 4.69) is 0 Å². The number of ether oxygens (including phenoxy) is 1. The Kier molecular flexibility index (Phi) is 2.92. The van der Waals surface area contributed by atoms with Crippen LogP contribution < -0.4 is 15.3 Å². The molecule has 5 heteroatoms. The summed E-state index contributed by atoms with van der Waals surface area (Å²) in [6.07, 6.45) is 0. The van der Waals surface area contributed by atoms with Crippen LogP contribution >= 0.6 is 29.9 Å². The van der Waals surface area contributed by atoms with Crippen LogP contribution in [0.5, 0.6) is 11.5 Å². The largest absolute Gasteiger partial charge is 0.456 e. The third-order valence-electron chi connectivity index (χ3n) is 2.59. The lowest BCUT2D eigenvalue weighted by atomic mass is 10.3. The van der Waals surface area contributed by atoms with Gasteiger partial charge in [0.2, 0.25) is 0 Å². The molecule has 0 aromatic heterocycles. The van der Waals surface area contributed by atoms with Crippen molar-refractivity contribution >= 4 is 52.3 Å². The highest BCUT2D eigenvalue weighted by molar-refractivity contribution is 8.12. The molecule has 0 unspecified atom stereocenters. The number of hydrogen-bond acceptors (Lipinski definition) is 2. The van der Waals surface area contributed by atoms with Gasteiger partial charge in [0.15, 0.2) is 0 Å². The fourth-order valence-electron chi connectivity index (χ4n) is 1.80. The van der Waals surface area contributed by atoms with Gasteiger partial charge in [0.25, 0.3) is 0 Å². The normalized spacial score (nSPS) is 13.8. The molecule has 86 valence electrons. The lowest BCUT2D eigenvalue weighted by Crippen LogP contribution is -2.17. The molecule has 0 spiro atoms. The van der Waals surface area contributed by atoms with Gasteiger partial charge in [0.05, 0.1) is 0 Å². The maximum atomic E-state index is 5.99. The summed E-state index contributed by atoms with van der Waals surface area (Å²) in [5.41, 5.74) is 0. The first-order chi connectivity index (χ1) is 8.15. The van der Waals surface area contributed by atoms with Crippen molar-refractivity contribution in [3.8, 4) is 11.5 Å². The van der Waals surface area contributed by atoms with E-state index in [1.165, 1.54) is 0 Å². The molecule has 0 amide bonds. The van der Waals surface area contributed by atoms with E-state index in [4.69, 9.17) is 39.7 Å². The van der Waals surface area contributed by atoms with Crippen LogP contribution in [-0.4, -0.2) is 0 Å². The van der Waals surface area contributed by atoms with Crippen LogP contribution in [0, 0.1) is 0 Å². The zero-order valence-electron chi connectivity index (χ0n) is 8.54. The second-order valence-corrected chi connectivity index (χ2v) is 7.55. The molecule has 0 N–H and O–H groups in total. The van der Waals surface area contributed by atoms with Crippen LogP contribution in [0.2, 0.25) is 10.0 Å². The van der Waals surface area contributed by atoms with Gasteiger partial charge in [0.1, 0.15) is 11.5 Å². The summed E-state index contributed by atoms with van der Waals surface area (Å²) in [6.45, 7) is -1.26. The van der Waals surface area contributed by atoms with Gasteiger partial charge in [-0.2, -0.15) is 0 Å². The van der Waals surface area contributed by atoms with Crippen molar-refractivity contribution in [3.05, 3.63) is 46.4 Å². The predicted molar refractivity (Wildman–Crippen MR) is 77.9 cm³/mol. The minimum absolute atomic E-state index is 0.685. The second-order valence-electron chi connectivity index (χ2n) is 3.71. The molecule has 1 aliphatic heterocycles. The van der Waals surface area contributed by atoms with E-state index in [9.17, 15) is 0 Å². The monoisotopic (exact) mass is 300 g/mol. The first-order valence-corrected chi connectivity index (χ1v) is 8.36. The number of hydrogen-bond donors (Lipinski definition) is 0. The fourth-order valence-corrected chi connectivity index (χ4v) is 4.86. The van der Waals surface area contributed by atoms with E-state index in [0.717, 1.165) is 22.1 Å². The van der Waals surface area contributed by atoms with Crippen molar-refractivity contribution in [1.29, 1.82) is 0 Å². The van der Waals surface area contributed by atoms with E-state index < -0.39 is 6.70 Å². The van der Waals surface area contributed by atoms with Crippen molar-refractivity contribution in [2.24, 2.45) is 0 Å². The Bertz CT molecular complexity index is 589. The Hall–Kier alpha value is -0.530. The third kappa shape index (κ3) is 2.00. The summed E-state index contributed by atoms with van der Waals surface area (Å²) < 4.78 is 5.80. The molecule has 1 aliphatic rings. The van der Waals surface area contributed by atoms with Crippen LogP contribution in [0.15, 0.2) is 36.4 Å². The maximum Gasteiger partial charge on any atom is 0.136 e. The lowest BCUT2D eigenvalue weighted by Gasteiger charge is -2.22. The minimum atomic E-state index is -1.26. The molecular weight excluding hydrogens is 294 g/mol. The molecular formula is C12H7Cl2OPS. The van der Waals surface area contributed by atoms with E-state index in [-0.39, 0.29) is 0 Å². The zero-order valence-corrected chi connectivity index (χ0v) is 11.9. The lowest BCUT2D eigenvalue weighted by molar-refractivity contribution is 0.489. The highest BCUT2D eigenvalue weighted by atomic mass is 35.5. The Balaban J connectivity index is 2.21. The topological polar surface area (TPSA) is 9.23 Å². The Morgan fingerprint density at radius 3 is 1.82 bits per heavy atom. The summed E-state index contributed by atoms with van der Waals surface area (Å²) in [7, 11) is 0. The van der Waals surface area contributed by atoms with Gasteiger partial charge < -0.3 is 4.74 Å². The molecule has 0 saturated heterocycles. The van der Waals surface area contributed by atoms with Crippen molar-refractivity contribution in [2.45, 2.75) is 0 Å². The van der Waals surface area contributed by atoms with Gasteiger partial charge in [-0.25, -0.2) is 0 Å². The van der Waals surface area contributed by atoms with Crippen LogP contribution in [0.4, 0.5) is 0 Å². The molecule has 2 aromatic carbocycles. The molecule has 0 saturated carbocycles. The summed E-state index contributed by atoms with van der Waals surface area (Å²) in [5, 5.41) is 3.41. The van der Waals surface area contributed by atoms with Crippen molar-refractivity contribution in [2.75, 3.05) is 0 Å². The molecule has 1 heterocycles. The second kappa shape index (κ2) is 4.29. The van der Waals surface area contributed by atoms with E-state index in [1.807, 2.05) is 36.4 Å². The van der Waals surface area contributed by atoms with Crippen molar-refractivity contribution in [3.63, 3.8) is 0 Å². The summed E-state index contributed by atoms with van der Waals surface area (Å²) in [4.78, 5) is 0. The van der Waals surface area contributed by atoms with Crippen LogP contribution in [0.25, 0.3) is 0 Å². The Morgan fingerprint density at radius 1 is 0.882 bits per heavy atom. The maximum absolute atomic E-state index is 5.99. The molecule has 0 aliphatic carbocycles. The standard InChI is InChI=1S/C12H7Cl2OPS/c13-7-1-3-9-11(5-7)16(17)12-6-8(14)2-4-10(12)15-9/h1-6,16H. The van der Waals surface area contributed by atoms with Gasteiger partial charge in [-0.1, -0.05) is 35.0 Å². The van der Waals surface area contributed by atoms with Crippen LogP contribution in [0.1, 0.15) is 0 Å². The van der Waals surface area contributed by atoms with Crippen molar-refractivity contribution in [1.82, 2.24) is 0 Å². The average Bonchev–Trinajstić information content (AvgIpc) is 2.32. The average molecular weight is 301 g/mol. The quantitative estimate of drug-likeness (QED) is 0.585.